The number of nitrogens with one attached hydrogen (secondary N) is 1. The van der Waals surface area contributed by atoms with Gasteiger partial charge in [-0.3, -0.25) is 14.7 Å². The molecule has 0 radical (unpaired) electrons. The van der Waals surface area contributed by atoms with Crippen LogP contribution in [0.25, 0.3) is 5.82 Å². The molecule has 8 heteroatoms. The average Bonchev–Trinajstić information content (AvgIpc) is 3.19. The van der Waals surface area contributed by atoms with Gasteiger partial charge < -0.3 is 9.72 Å². The van der Waals surface area contributed by atoms with Gasteiger partial charge in [0, 0.05) is 56.7 Å². The second-order valence-corrected chi connectivity index (χ2v) is 10.1. The topological polar surface area (TPSA) is 93.1 Å². The SMILES string of the molecule is COC(=O)CCC1CCC(c2c[nH]c(=O)n2-c2cnc3c(n2)CCN(Cc2ccccc2)CC3)CC1. The summed E-state index contributed by atoms with van der Waals surface area (Å²) in [7, 11) is 1.44. The summed E-state index contributed by atoms with van der Waals surface area (Å²) in [5, 5.41) is 0. The minimum absolute atomic E-state index is 0.137. The van der Waals surface area contributed by atoms with E-state index in [2.05, 4.69) is 34.1 Å². The molecule has 0 atom stereocenters. The number of rotatable bonds is 7. The molecule has 1 N–H and O–H groups in total. The highest BCUT2D eigenvalue weighted by molar-refractivity contribution is 5.69. The molecule has 190 valence electrons. The predicted octanol–water partition coefficient (Wildman–Crippen LogP) is 3.78. The molecule has 1 aliphatic carbocycles. The van der Waals surface area contributed by atoms with E-state index in [1.165, 1.54) is 12.7 Å². The third kappa shape index (κ3) is 5.59. The average molecular weight is 490 g/mol. The second kappa shape index (κ2) is 11.2. The number of esters is 1. The van der Waals surface area contributed by atoms with Crippen molar-refractivity contribution in [2.45, 2.75) is 63.8 Å². The maximum atomic E-state index is 12.8. The number of aromatic amines is 1. The molecule has 2 aromatic heterocycles. The molecule has 3 aromatic rings. The quantitative estimate of drug-likeness (QED) is 0.508. The molecule has 1 aliphatic heterocycles. The maximum Gasteiger partial charge on any atom is 0.331 e. The normalized spacial score (nSPS) is 20.5. The van der Waals surface area contributed by atoms with E-state index in [9.17, 15) is 9.59 Å². The van der Waals surface area contributed by atoms with Gasteiger partial charge in [-0.25, -0.2) is 14.3 Å². The van der Waals surface area contributed by atoms with Crippen LogP contribution in [0.4, 0.5) is 0 Å². The van der Waals surface area contributed by atoms with Gasteiger partial charge in [-0.1, -0.05) is 30.3 Å². The predicted molar refractivity (Wildman–Crippen MR) is 137 cm³/mol. The van der Waals surface area contributed by atoms with E-state index in [1.807, 2.05) is 12.3 Å². The zero-order valence-electron chi connectivity index (χ0n) is 21.0. The number of carbonyl (C=O) groups excluding carboxylic acids is 1. The van der Waals surface area contributed by atoms with Crippen molar-refractivity contribution in [2.24, 2.45) is 5.92 Å². The molecule has 8 nitrogen and oxygen atoms in total. The molecular formula is C28H35N5O3. The van der Waals surface area contributed by atoms with Gasteiger partial charge in [-0.15, -0.1) is 0 Å². The fraction of sp³-hybridized carbons (Fsp3) is 0.500. The molecule has 2 aliphatic rings. The van der Waals surface area contributed by atoms with Crippen molar-refractivity contribution >= 4 is 5.97 Å². The standard InChI is InChI=1S/C28H35N5O3/c1-36-27(34)12-9-20-7-10-22(11-8-20)25-17-30-28(35)33(25)26-18-29-23-13-15-32(16-14-24(23)31-26)19-21-5-3-2-4-6-21/h2-6,17-18,20,22H,7-16,19H2,1H3,(H,30,35). The van der Waals surface area contributed by atoms with Crippen molar-refractivity contribution in [1.29, 1.82) is 0 Å². The maximum absolute atomic E-state index is 12.8. The van der Waals surface area contributed by atoms with E-state index in [0.29, 0.717) is 24.1 Å². The highest BCUT2D eigenvalue weighted by Gasteiger charge is 2.27. The fourth-order valence-corrected chi connectivity index (χ4v) is 5.69. The largest absolute Gasteiger partial charge is 0.469 e. The molecule has 3 heterocycles. The Balaban J connectivity index is 1.27. The van der Waals surface area contributed by atoms with Crippen molar-refractivity contribution in [3.8, 4) is 5.82 Å². The van der Waals surface area contributed by atoms with Crippen LogP contribution in [0.5, 0.6) is 0 Å². The van der Waals surface area contributed by atoms with E-state index < -0.39 is 0 Å². The minimum Gasteiger partial charge on any atom is -0.469 e. The number of imidazole rings is 1. The third-order valence-electron chi connectivity index (χ3n) is 7.78. The smallest absolute Gasteiger partial charge is 0.331 e. The lowest BCUT2D eigenvalue weighted by molar-refractivity contribution is -0.141. The van der Waals surface area contributed by atoms with Crippen LogP contribution in [0, 0.1) is 5.92 Å². The molecule has 36 heavy (non-hydrogen) atoms. The summed E-state index contributed by atoms with van der Waals surface area (Å²) < 4.78 is 6.50. The lowest BCUT2D eigenvalue weighted by Gasteiger charge is -2.28. The van der Waals surface area contributed by atoms with Crippen molar-refractivity contribution < 1.29 is 9.53 Å². The Bertz CT molecular complexity index is 1230. The lowest BCUT2D eigenvalue weighted by atomic mass is 9.79. The molecule has 1 aromatic carbocycles. The van der Waals surface area contributed by atoms with Gasteiger partial charge in [0.05, 0.1) is 24.7 Å². The summed E-state index contributed by atoms with van der Waals surface area (Å²) in [6, 6.07) is 10.5. The molecule has 5 rings (SSSR count). The van der Waals surface area contributed by atoms with Crippen LogP contribution in [-0.4, -0.2) is 50.6 Å². The number of H-pyrrole nitrogens is 1. The Hall–Kier alpha value is -3.26. The number of hydrogen-bond donors (Lipinski definition) is 1. The van der Waals surface area contributed by atoms with Gasteiger partial charge in [0.25, 0.3) is 0 Å². The number of methoxy groups -OCH3 is 1. The van der Waals surface area contributed by atoms with Crippen LogP contribution in [-0.2, 0) is 28.9 Å². The third-order valence-corrected chi connectivity index (χ3v) is 7.78. The van der Waals surface area contributed by atoms with E-state index in [-0.39, 0.29) is 11.7 Å². The first-order chi connectivity index (χ1) is 17.6. The highest BCUT2D eigenvalue weighted by Crippen LogP contribution is 2.37. The van der Waals surface area contributed by atoms with Crippen LogP contribution in [0.1, 0.15) is 67.1 Å². The summed E-state index contributed by atoms with van der Waals surface area (Å²) in [5.41, 5.74) is 4.17. The van der Waals surface area contributed by atoms with Crippen molar-refractivity contribution in [1.82, 2.24) is 24.4 Å². The Morgan fingerprint density at radius 1 is 1.08 bits per heavy atom. The first-order valence-electron chi connectivity index (χ1n) is 13.1. The lowest BCUT2D eigenvalue weighted by Crippen LogP contribution is -2.25. The first kappa shape index (κ1) is 24.4. The zero-order chi connectivity index (χ0) is 24.9. The van der Waals surface area contributed by atoms with Gasteiger partial charge in [0.1, 0.15) is 0 Å². The van der Waals surface area contributed by atoms with Gasteiger partial charge in [-0.2, -0.15) is 0 Å². The van der Waals surface area contributed by atoms with Gasteiger partial charge in [0.15, 0.2) is 5.82 Å². The van der Waals surface area contributed by atoms with Crippen LogP contribution in [0.15, 0.2) is 47.5 Å². The Kier molecular flexibility index (Phi) is 7.60. The summed E-state index contributed by atoms with van der Waals surface area (Å²) in [6.07, 6.45) is 10.7. The summed E-state index contributed by atoms with van der Waals surface area (Å²) in [6.45, 7) is 2.79. The number of benzene rings is 1. The number of aromatic nitrogens is 4. The number of nitrogens with zero attached hydrogens (tertiary/aromatic N) is 4. The zero-order valence-corrected chi connectivity index (χ0v) is 21.0. The van der Waals surface area contributed by atoms with Crippen molar-refractivity contribution in [3.05, 3.63) is 75.9 Å². The Labute approximate surface area is 211 Å². The molecule has 1 fully saturated rings. The fourth-order valence-electron chi connectivity index (χ4n) is 5.69. The molecule has 0 bridgehead atoms. The molecular weight excluding hydrogens is 454 g/mol. The van der Waals surface area contributed by atoms with Crippen LogP contribution in [0.3, 0.4) is 0 Å². The Morgan fingerprint density at radius 2 is 1.83 bits per heavy atom. The molecule has 0 unspecified atom stereocenters. The first-order valence-corrected chi connectivity index (χ1v) is 13.1. The van der Waals surface area contributed by atoms with E-state index in [4.69, 9.17) is 14.7 Å². The van der Waals surface area contributed by atoms with Crippen LogP contribution in [0.2, 0.25) is 0 Å². The molecule has 0 saturated heterocycles. The summed E-state index contributed by atoms with van der Waals surface area (Å²) >= 11 is 0. The van der Waals surface area contributed by atoms with Gasteiger partial charge in [-0.05, 0) is 43.6 Å². The van der Waals surface area contributed by atoms with E-state index in [1.54, 1.807) is 10.8 Å². The summed E-state index contributed by atoms with van der Waals surface area (Å²) in [5.74, 6) is 1.30. The molecule has 0 spiro atoms. The van der Waals surface area contributed by atoms with E-state index in [0.717, 1.165) is 81.7 Å². The van der Waals surface area contributed by atoms with Gasteiger partial charge in [0.2, 0.25) is 0 Å². The number of ether oxygens (including phenoxy) is 1. The van der Waals surface area contributed by atoms with Gasteiger partial charge >= 0.3 is 11.7 Å². The van der Waals surface area contributed by atoms with Crippen molar-refractivity contribution in [2.75, 3.05) is 20.2 Å². The molecule has 1 saturated carbocycles. The number of fused-ring (bicyclic) bond motifs is 1. The number of carbonyl (C=O) groups is 1. The van der Waals surface area contributed by atoms with Crippen LogP contribution < -0.4 is 5.69 Å². The highest BCUT2D eigenvalue weighted by atomic mass is 16.5. The Morgan fingerprint density at radius 3 is 2.58 bits per heavy atom. The summed E-state index contributed by atoms with van der Waals surface area (Å²) in [4.78, 5) is 39.4. The van der Waals surface area contributed by atoms with Crippen molar-refractivity contribution in [3.63, 3.8) is 0 Å². The minimum atomic E-state index is -0.161. The van der Waals surface area contributed by atoms with E-state index >= 15 is 0 Å². The molecule has 0 amide bonds. The van der Waals surface area contributed by atoms with Crippen LogP contribution >= 0.6 is 0 Å². The number of hydrogen-bond acceptors (Lipinski definition) is 6. The second-order valence-electron chi connectivity index (χ2n) is 10.1. The monoisotopic (exact) mass is 489 g/mol.